The topological polar surface area (TPSA) is 64.1 Å². The van der Waals surface area contributed by atoms with Gasteiger partial charge in [0.05, 0.1) is 0 Å². The first-order chi connectivity index (χ1) is 7.69. The Morgan fingerprint density at radius 3 is 3.19 bits per heavy atom. The van der Waals surface area contributed by atoms with Gasteiger partial charge in [0.1, 0.15) is 5.52 Å². The first-order valence-electron chi connectivity index (χ1n) is 5.22. The summed E-state index contributed by atoms with van der Waals surface area (Å²) in [6, 6.07) is 6.20. The Hall–Kier alpha value is -1.97. The molecule has 0 aliphatic carbocycles. The summed E-state index contributed by atoms with van der Waals surface area (Å²) in [5.74, 6) is 0. The highest BCUT2D eigenvalue weighted by Crippen LogP contribution is 2.21. The minimum atomic E-state index is 0.253. The largest absolute Gasteiger partial charge is 0.423 e. The molecule has 1 aromatic heterocycles. The minimum Gasteiger partial charge on any atom is -0.423 e. The van der Waals surface area contributed by atoms with Gasteiger partial charge < -0.3 is 15.5 Å². The number of rotatable bonds is 4. The number of nitrogens with zero attached hydrogens (tertiary/aromatic N) is 1. The molecule has 0 spiro atoms. The molecule has 84 valence electrons. The first-order valence-corrected chi connectivity index (χ1v) is 5.22. The average molecular weight is 217 g/mol. The quantitative estimate of drug-likeness (QED) is 0.610. The van der Waals surface area contributed by atoms with Crippen LogP contribution < -0.4 is 11.1 Å². The lowest BCUT2D eigenvalue weighted by Gasteiger charge is -2.07. The van der Waals surface area contributed by atoms with E-state index in [2.05, 4.69) is 16.9 Å². The third kappa shape index (κ3) is 2.16. The molecular formula is C12H15N3O. The molecule has 0 fully saturated rings. The molecular weight excluding hydrogens is 202 g/mol. The van der Waals surface area contributed by atoms with E-state index in [-0.39, 0.29) is 6.04 Å². The van der Waals surface area contributed by atoms with Gasteiger partial charge in [0.15, 0.2) is 5.58 Å². The highest BCUT2D eigenvalue weighted by atomic mass is 16.4. The number of nitrogens with one attached hydrogen (secondary N) is 1. The van der Waals surface area contributed by atoms with Gasteiger partial charge in [-0.2, -0.15) is 4.98 Å². The summed E-state index contributed by atoms with van der Waals surface area (Å²) < 4.78 is 5.53. The molecule has 1 aromatic carbocycles. The van der Waals surface area contributed by atoms with Crippen LogP contribution in [-0.4, -0.2) is 11.0 Å². The molecule has 1 atom stereocenters. The lowest BCUT2D eigenvalue weighted by molar-refractivity contribution is 0.600. The lowest BCUT2D eigenvalue weighted by Crippen LogP contribution is -2.13. The standard InChI is InChI=1S/C12H15N3O/c1-3-4-8(2)14-12-15-10-6-5-9(13)7-11(10)16-12/h3,5-8H,1,4,13H2,2H3,(H,14,15). The smallest absolute Gasteiger partial charge is 0.295 e. The van der Waals surface area contributed by atoms with Crippen molar-refractivity contribution in [3.05, 3.63) is 30.9 Å². The van der Waals surface area contributed by atoms with Gasteiger partial charge in [-0.15, -0.1) is 6.58 Å². The molecule has 0 bridgehead atoms. The van der Waals surface area contributed by atoms with Crippen molar-refractivity contribution >= 4 is 22.8 Å². The van der Waals surface area contributed by atoms with Gasteiger partial charge in [-0.1, -0.05) is 6.08 Å². The number of oxazole rings is 1. The van der Waals surface area contributed by atoms with Crippen LogP contribution in [0.25, 0.3) is 11.1 Å². The van der Waals surface area contributed by atoms with Crippen molar-refractivity contribution in [3.8, 4) is 0 Å². The highest BCUT2D eigenvalue weighted by Gasteiger charge is 2.07. The Labute approximate surface area is 94.2 Å². The van der Waals surface area contributed by atoms with Gasteiger partial charge >= 0.3 is 0 Å². The van der Waals surface area contributed by atoms with Gasteiger partial charge in [-0.05, 0) is 25.5 Å². The Balaban J connectivity index is 2.22. The maximum atomic E-state index is 5.66. The van der Waals surface area contributed by atoms with E-state index in [1.807, 2.05) is 25.1 Å². The fraction of sp³-hybridized carbons (Fsp3) is 0.250. The Kier molecular flexibility index (Phi) is 2.81. The SMILES string of the molecule is C=CCC(C)Nc1nc2ccc(N)cc2o1. The van der Waals surface area contributed by atoms with E-state index in [1.54, 1.807) is 6.07 Å². The van der Waals surface area contributed by atoms with Crippen LogP contribution in [0, 0.1) is 0 Å². The van der Waals surface area contributed by atoms with E-state index in [0.29, 0.717) is 17.3 Å². The summed E-state index contributed by atoms with van der Waals surface area (Å²) in [6.07, 6.45) is 2.72. The van der Waals surface area contributed by atoms with E-state index in [9.17, 15) is 0 Å². The molecule has 4 heteroatoms. The van der Waals surface area contributed by atoms with Crippen LogP contribution in [0.2, 0.25) is 0 Å². The maximum Gasteiger partial charge on any atom is 0.295 e. The van der Waals surface area contributed by atoms with Gasteiger partial charge in [0.2, 0.25) is 0 Å². The summed E-state index contributed by atoms with van der Waals surface area (Å²) in [7, 11) is 0. The molecule has 1 unspecified atom stereocenters. The van der Waals surface area contributed by atoms with Gasteiger partial charge in [0, 0.05) is 17.8 Å². The van der Waals surface area contributed by atoms with Crippen LogP contribution >= 0.6 is 0 Å². The van der Waals surface area contributed by atoms with Crippen LogP contribution in [0.3, 0.4) is 0 Å². The fourth-order valence-corrected chi connectivity index (χ4v) is 1.52. The molecule has 2 rings (SSSR count). The number of fused-ring (bicyclic) bond motifs is 1. The summed E-state index contributed by atoms with van der Waals surface area (Å²) in [5.41, 5.74) is 7.85. The Morgan fingerprint density at radius 1 is 1.62 bits per heavy atom. The van der Waals surface area contributed by atoms with Crippen LogP contribution in [-0.2, 0) is 0 Å². The molecule has 1 heterocycles. The second kappa shape index (κ2) is 4.26. The second-order valence-electron chi connectivity index (χ2n) is 3.82. The molecule has 0 radical (unpaired) electrons. The second-order valence-corrected chi connectivity index (χ2v) is 3.82. The molecule has 2 aromatic rings. The van der Waals surface area contributed by atoms with Crippen molar-refractivity contribution in [1.29, 1.82) is 0 Å². The van der Waals surface area contributed by atoms with Crippen molar-refractivity contribution in [3.63, 3.8) is 0 Å². The monoisotopic (exact) mass is 217 g/mol. The average Bonchev–Trinajstić information content (AvgIpc) is 2.59. The number of nitrogens with two attached hydrogens (primary N) is 1. The first kappa shape index (κ1) is 10.5. The van der Waals surface area contributed by atoms with E-state index in [1.165, 1.54) is 0 Å². The molecule has 0 saturated carbocycles. The molecule has 0 saturated heterocycles. The lowest BCUT2D eigenvalue weighted by atomic mass is 10.2. The third-order valence-corrected chi connectivity index (χ3v) is 2.30. The predicted molar refractivity (Wildman–Crippen MR) is 66.3 cm³/mol. The van der Waals surface area contributed by atoms with Crippen LogP contribution in [0.15, 0.2) is 35.3 Å². The Bertz CT molecular complexity index is 504. The number of anilines is 2. The fourth-order valence-electron chi connectivity index (χ4n) is 1.52. The Morgan fingerprint density at radius 2 is 2.44 bits per heavy atom. The molecule has 0 aliphatic rings. The molecule has 0 amide bonds. The highest BCUT2D eigenvalue weighted by molar-refractivity contribution is 5.78. The summed E-state index contributed by atoms with van der Waals surface area (Å²) >= 11 is 0. The van der Waals surface area contributed by atoms with Crippen molar-refractivity contribution in [1.82, 2.24) is 4.98 Å². The summed E-state index contributed by atoms with van der Waals surface area (Å²) in [4.78, 5) is 4.31. The maximum absolute atomic E-state index is 5.66. The van der Waals surface area contributed by atoms with Crippen molar-refractivity contribution in [2.45, 2.75) is 19.4 Å². The molecule has 3 N–H and O–H groups in total. The zero-order valence-electron chi connectivity index (χ0n) is 9.23. The molecule has 0 aliphatic heterocycles. The zero-order valence-corrected chi connectivity index (χ0v) is 9.23. The van der Waals surface area contributed by atoms with Crippen molar-refractivity contribution in [2.75, 3.05) is 11.1 Å². The van der Waals surface area contributed by atoms with Crippen molar-refractivity contribution < 1.29 is 4.42 Å². The number of aromatic nitrogens is 1. The normalized spacial score (nSPS) is 12.6. The van der Waals surface area contributed by atoms with E-state index >= 15 is 0 Å². The predicted octanol–water partition coefficient (Wildman–Crippen LogP) is 2.79. The third-order valence-electron chi connectivity index (χ3n) is 2.30. The summed E-state index contributed by atoms with van der Waals surface area (Å²) in [6.45, 7) is 5.74. The van der Waals surface area contributed by atoms with Crippen LogP contribution in [0.5, 0.6) is 0 Å². The molecule has 4 nitrogen and oxygen atoms in total. The minimum absolute atomic E-state index is 0.253. The molecule has 16 heavy (non-hydrogen) atoms. The van der Waals surface area contributed by atoms with E-state index < -0.39 is 0 Å². The van der Waals surface area contributed by atoms with Crippen LogP contribution in [0.1, 0.15) is 13.3 Å². The number of hydrogen-bond acceptors (Lipinski definition) is 4. The van der Waals surface area contributed by atoms with Gasteiger partial charge in [-0.25, -0.2) is 0 Å². The number of nitrogen functional groups attached to an aromatic ring is 1. The van der Waals surface area contributed by atoms with Crippen molar-refractivity contribution in [2.24, 2.45) is 0 Å². The van der Waals surface area contributed by atoms with Gasteiger partial charge in [0.25, 0.3) is 6.01 Å². The summed E-state index contributed by atoms with van der Waals surface area (Å²) in [5, 5.41) is 3.16. The zero-order chi connectivity index (χ0) is 11.5. The number of hydrogen-bond donors (Lipinski definition) is 2. The van der Waals surface area contributed by atoms with Gasteiger partial charge in [-0.3, -0.25) is 0 Å². The van der Waals surface area contributed by atoms with Crippen LogP contribution in [0.4, 0.5) is 11.7 Å². The number of benzene rings is 1. The van der Waals surface area contributed by atoms with E-state index in [4.69, 9.17) is 10.2 Å². The van der Waals surface area contributed by atoms with E-state index in [0.717, 1.165) is 11.9 Å².